The number of hydrogen-bond donors (Lipinski definition) is 0. The number of nitrogens with zero attached hydrogens (tertiary/aromatic N) is 2. The highest BCUT2D eigenvalue weighted by Crippen LogP contribution is 2.33. The van der Waals surface area contributed by atoms with E-state index in [0.717, 1.165) is 4.47 Å². The van der Waals surface area contributed by atoms with Gasteiger partial charge in [-0.1, -0.05) is 28.9 Å². The van der Waals surface area contributed by atoms with Gasteiger partial charge in [0.05, 0.1) is 17.0 Å². The van der Waals surface area contributed by atoms with Gasteiger partial charge < -0.3 is 4.90 Å². The molecule has 3 rings (SSSR count). The normalized spacial score (nSPS) is 17.5. The van der Waals surface area contributed by atoms with E-state index in [1.807, 2.05) is 32.2 Å². The van der Waals surface area contributed by atoms with Crippen LogP contribution in [-0.4, -0.2) is 34.2 Å². The number of halogens is 1. The molecular formula is C20H21BrN2O3S. The van der Waals surface area contributed by atoms with Crippen molar-refractivity contribution in [2.45, 2.75) is 45.2 Å². The molecule has 1 saturated heterocycles. The van der Waals surface area contributed by atoms with Gasteiger partial charge in [-0.3, -0.25) is 14.4 Å². The average Bonchev–Trinajstić information content (AvgIpc) is 3.25. The van der Waals surface area contributed by atoms with Crippen LogP contribution >= 0.6 is 27.3 Å². The van der Waals surface area contributed by atoms with Gasteiger partial charge in [0, 0.05) is 10.0 Å². The second kappa shape index (κ2) is 7.56. The topological polar surface area (TPSA) is 57.7 Å². The van der Waals surface area contributed by atoms with E-state index < -0.39 is 11.6 Å². The lowest BCUT2D eigenvalue weighted by atomic mass is 9.95. The fourth-order valence-electron chi connectivity index (χ4n) is 3.21. The molecule has 1 aromatic heterocycles. The zero-order valence-corrected chi connectivity index (χ0v) is 17.8. The Hall–Kier alpha value is -1.99. The fourth-order valence-corrected chi connectivity index (χ4v) is 4.13. The Morgan fingerprint density at radius 1 is 1.26 bits per heavy atom. The third-order valence-electron chi connectivity index (χ3n) is 4.99. The first-order valence-electron chi connectivity index (χ1n) is 8.76. The highest BCUT2D eigenvalue weighted by molar-refractivity contribution is 9.10. The van der Waals surface area contributed by atoms with Crippen LogP contribution in [0.15, 0.2) is 46.3 Å². The van der Waals surface area contributed by atoms with Gasteiger partial charge in [-0.25, -0.2) is 4.90 Å². The van der Waals surface area contributed by atoms with Crippen molar-refractivity contribution >= 4 is 50.7 Å². The van der Waals surface area contributed by atoms with E-state index in [9.17, 15) is 14.4 Å². The zero-order valence-electron chi connectivity index (χ0n) is 15.4. The summed E-state index contributed by atoms with van der Waals surface area (Å²) in [6, 6.07) is 9.77. The first kappa shape index (κ1) is 19.8. The monoisotopic (exact) mass is 448 g/mol. The van der Waals surface area contributed by atoms with Crippen molar-refractivity contribution in [3.63, 3.8) is 0 Å². The van der Waals surface area contributed by atoms with Crippen molar-refractivity contribution in [3.05, 3.63) is 51.1 Å². The van der Waals surface area contributed by atoms with Crippen molar-refractivity contribution in [3.8, 4) is 0 Å². The predicted octanol–water partition coefficient (Wildman–Crippen LogP) is 4.47. The number of hydrogen-bond acceptors (Lipinski definition) is 4. The van der Waals surface area contributed by atoms with Crippen molar-refractivity contribution < 1.29 is 14.4 Å². The Balaban J connectivity index is 1.98. The molecule has 3 amide bonds. The maximum absolute atomic E-state index is 13.2. The number of thiophene rings is 1. The zero-order chi connectivity index (χ0) is 19.8. The van der Waals surface area contributed by atoms with E-state index in [0.29, 0.717) is 17.0 Å². The molecule has 0 bridgehead atoms. The minimum atomic E-state index is -0.800. The number of amides is 3. The quantitative estimate of drug-likeness (QED) is 0.633. The molecule has 1 aliphatic rings. The van der Waals surface area contributed by atoms with Crippen LogP contribution in [0.5, 0.6) is 0 Å². The number of anilines is 1. The summed E-state index contributed by atoms with van der Waals surface area (Å²) >= 11 is 4.70. The minimum absolute atomic E-state index is 0.00452. The summed E-state index contributed by atoms with van der Waals surface area (Å²) in [5, 5.41) is 1.83. The van der Waals surface area contributed by atoms with Crippen LogP contribution in [-0.2, 0) is 9.59 Å². The molecule has 27 heavy (non-hydrogen) atoms. The third-order valence-corrected chi connectivity index (χ3v) is 6.37. The highest BCUT2D eigenvalue weighted by atomic mass is 79.9. The number of imide groups is 1. The molecule has 1 fully saturated rings. The predicted molar refractivity (Wildman–Crippen MR) is 110 cm³/mol. The van der Waals surface area contributed by atoms with Crippen LogP contribution < -0.4 is 4.90 Å². The largest absolute Gasteiger partial charge is 0.320 e. The molecule has 2 aromatic rings. The summed E-state index contributed by atoms with van der Waals surface area (Å²) in [7, 11) is 0. The van der Waals surface area contributed by atoms with Gasteiger partial charge in [0.1, 0.15) is 6.04 Å². The van der Waals surface area contributed by atoms with Gasteiger partial charge in [0.15, 0.2) is 0 Å². The molecule has 0 aliphatic carbocycles. The Bertz CT molecular complexity index is 862. The van der Waals surface area contributed by atoms with Crippen molar-refractivity contribution in [2.24, 2.45) is 0 Å². The number of rotatable bonds is 5. The van der Waals surface area contributed by atoms with Gasteiger partial charge in [0.25, 0.3) is 11.8 Å². The standard InChI is InChI=1S/C20H21BrN2O3S/c1-4-20(2,3)23(19(26)16-6-5-11-27-16)15-12-17(24)22(18(15)25)14-9-7-13(21)8-10-14/h5-11,15H,4,12H2,1-3H3. The molecule has 5 nitrogen and oxygen atoms in total. The summed E-state index contributed by atoms with van der Waals surface area (Å²) in [4.78, 5) is 42.4. The molecule has 1 aliphatic heterocycles. The van der Waals surface area contributed by atoms with Gasteiger partial charge >= 0.3 is 0 Å². The molecule has 1 aromatic carbocycles. The SMILES string of the molecule is CCC(C)(C)N(C(=O)c1cccs1)C1CC(=O)N(c2ccc(Br)cc2)C1=O. The first-order chi connectivity index (χ1) is 12.8. The van der Waals surface area contributed by atoms with Gasteiger partial charge in [-0.2, -0.15) is 0 Å². The summed E-state index contributed by atoms with van der Waals surface area (Å²) in [6.45, 7) is 5.83. The molecule has 0 N–H and O–H groups in total. The van der Waals surface area contributed by atoms with E-state index in [1.54, 1.807) is 35.2 Å². The molecule has 2 heterocycles. The average molecular weight is 449 g/mol. The van der Waals surface area contributed by atoms with Gasteiger partial charge in [-0.05, 0) is 56.0 Å². The molecule has 1 unspecified atom stereocenters. The lowest BCUT2D eigenvalue weighted by Crippen LogP contribution is -2.55. The number of carbonyl (C=O) groups excluding carboxylic acids is 3. The van der Waals surface area contributed by atoms with E-state index in [4.69, 9.17) is 0 Å². The Labute approximate surface area is 171 Å². The van der Waals surface area contributed by atoms with E-state index in [1.165, 1.54) is 16.2 Å². The van der Waals surface area contributed by atoms with Crippen LogP contribution in [0.4, 0.5) is 5.69 Å². The van der Waals surface area contributed by atoms with Crippen LogP contribution in [0.2, 0.25) is 0 Å². The molecule has 0 radical (unpaired) electrons. The van der Waals surface area contributed by atoms with Crippen molar-refractivity contribution in [1.29, 1.82) is 0 Å². The molecule has 142 valence electrons. The summed E-state index contributed by atoms with van der Waals surface area (Å²) in [5.41, 5.74) is -0.0363. The fraction of sp³-hybridized carbons (Fsp3) is 0.350. The summed E-state index contributed by atoms with van der Waals surface area (Å²) in [5.74, 6) is -0.849. The Kier molecular flexibility index (Phi) is 5.53. The summed E-state index contributed by atoms with van der Waals surface area (Å²) < 4.78 is 0.864. The Morgan fingerprint density at radius 3 is 2.48 bits per heavy atom. The summed E-state index contributed by atoms with van der Waals surface area (Å²) in [6.07, 6.45) is 0.663. The maximum Gasteiger partial charge on any atom is 0.265 e. The van der Waals surface area contributed by atoms with Crippen LogP contribution in [0.1, 0.15) is 43.3 Å². The van der Waals surface area contributed by atoms with Gasteiger partial charge in [0.2, 0.25) is 5.91 Å². The van der Waals surface area contributed by atoms with E-state index in [-0.39, 0.29) is 24.1 Å². The molecule has 1 atom stereocenters. The lowest BCUT2D eigenvalue weighted by molar-refractivity contribution is -0.123. The van der Waals surface area contributed by atoms with Crippen LogP contribution in [0.3, 0.4) is 0 Å². The van der Waals surface area contributed by atoms with Crippen molar-refractivity contribution in [2.75, 3.05) is 4.90 Å². The first-order valence-corrected chi connectivity index (χ1v) is 10.4. The molecule has 7 heteroatoms. The number of carbonyl (C=O) groups is 3. The highest BCUT2D eigenvalue weighted by Gasteiger charge is 2.48. The van der Waals surface area contributed by atoms with Gasteiger partial charge in [-0.15, -0.1) is 11.3 Å². The lowest BCUT2D eigenvalue weighted by Gasteiger charge is -2.41. The molecule has 0 spiro atoms. The second-order valence-electron chi connectivity index (χ2n) is 7.08. The van der Waals surface area contributed by atoms with E-state index in [2.05, 4.69) is 15.9 Å². The third kappa shape index (κ3) is 3.71. The minimum Gasteiger partial charge on any atom is -0.320 e. The smallest absolute Gasteiger partial charge is 0.265 e. The van der Waals surface area contributed by atoms with Crippen LogP contribution in [0.25, 0.3) is 0 Å². The Morgan fingerprint density at radius 2 is 1.93 bits per heavy atom. The second-order valence-corrected chi connectivity index (χ2v) is 8.95. The van der Waals surface area contributed by atoms with Crippen LogP contribution in [0, 0.1) is 0 Å². The number of benzene rings is 1. The van der Waals surface area contributed by atoms with E-state index >= 15 is 0 Å². The maximum atomic E-state index is 13.2. The van der Waals surface area contributed by atoms with Crippen molar-refractivity contribution in [1.82, 2.24) is 4.90 Å². The molecule has 0 saturated carbocycles. The molecular weight excluding hydrogens is 428 g/mol.